The Bertz CT molecular complexity index is 437. The van der Waals surface area contributed by atoms with Gasteiger partial charge < -0.3 is 4.98 Å². The highest BCUT2D eigenvalue weighted by Crippen LogP contribution is 2.19. The highest BCUT2D eigenvalue weighted by Gasteiger charge is 2.04. The summed E-state index contributed by atoms with van der Waals surface area (Å²) < 4.78 is 0. The van der Waals surface area contributed by atoms with Crippen LogP contribution in [-0.2, 0) is 0 Å². The third kappa shape index (κ3) is 1.30. The minimum atomic E-state index is 0.646. The second-order valence-corrected chi connectivity index (χ2v) is 2.62. The zero-order chi connectivity index (χ0) is 9.10. The zero-order valence-corrected chi connectivity index (χ0v) is 6.86. The zero-order valence-electron chi connectivity index (χ0n) is 6.86. The molecular weight excluding hydrogens is 162 g/mol. The number of pyridine rings is 1. The van der Waals surface area contributed by atoms with Crippen LogP contribution in [0, 0.1) is 11.3 Å². The maximum absolute atomic E-state index is 8.78. The van der Waals surface area contributed by atoms with E-state index in [4.69, 9.17) is 5.26 Å². The Balaban J connectivity index is 2.54. The van der Waals surface area contributed by atoms with E-state index in [2.05, 4.69) is 16.0 Å². The van der Waals surface area contributed by atoms with E-state index in [9.17, 15) is 0 Å². The first kappa shape index (κ1) is 7.56. The second-order valence-electron chi connectivity index (χ2n) is 2.62. The topological polar surface area (TPSA) is 52.5 Å². The van der Waals surface area contributed by atoms with Crippen LogP contribution < -0.4 is 0 Å². The molecule has 62 valence electrons. The van der Waals surface area contributed by atoms with E-state index >= 15 is 0 Å². The molecule has 0 atom stereocenters. The molecule has 0 aliphatic heterocycles. The van der Waals surface area contributed by atoms with E-state index in [1.807, 2.05) is 12.1 Å². The van der Waals surface area contributed by atoms with E-state index in [1.165, 1.54) is 0 Å². The highest BCUT2D eigenvalue weighted by atomic mass is 14.7. The van der Waals surface area contributed by atoms with Crippen molar-refractivity contribution in [1.82, 2.24) is 9.97 Å². The van der Waals surface area contributed by atoms with Crippen molar-refractivity contribution in [1.29, 1.82) is 5.26 Å². The number of aromatic amines is 1. The summed E-state index contributed by atoms with van der Waals surface area (Å²) in [5, 5.41) is 8.78. The lowest BCUT2D eigenvalue weighted by atomic mass is 10.1. The van der Waals surface area contributed by atoms with Crippen molar-refractivity contribution in [3.63, 3.8) is 0 Å². The number of nitrogens with one attached hydrogen (secondary N) is 1. The Kier molecular flexibility index (Phi) is 1.81. The van der Waals surface area contributed by atoms with Crippen LogP contribution in [0.5, 0.6) is 0 Å². The third-order valence-electron chi connectivity index (χ3n) is 1.82. The van der Waals surface area contributed by atoms with Crippen molar-refractivity contribution in [2.75, 3.05) is 0 Å². The molecule has 0 amide bonds. The number of rotatable bonds is 1. The van der Waals surface area contributed by atoms with Crippen LogP contribution >= 0.6 is 0 Å². The second kappa shape index (κ2) is 3.11. The molecule has 2 heterocycles. The molecule has 0 saturated heterocycles. The molecule has 2 aromatic rings. The molecule has 0 unspecified atom stereocenters. The van der Waals surface area contributed by atoms with Gasteiger partial charge in [-0.2, -0.15) is 5.26 Å². The Morgan fingerprint density at radius 3 is 3.00 bits per heavy atom. The minimum Gasteiger partial charge on any atom is -0.360 e. The van der Waals surface area contributed by atoms with Crippen LogP contribution in [0.1, 0.15) is 5.56 Å². The Morgan fingerprint density at radius 1 is 1.38 bits per heavy atom. The quantitative estimate of drug-likeness (QED) is 0.709. The van der Waals surface area contributed by atoms with E-state index in [-0.39, 0.29) is 0 Å². The number of hydrogen-bond acceptors (Lipinski definition) is 2. The fourth-order valence-corrected chi connectivity index (χ4v) is 1.21. The van der Waals surface area contributed by atoms with Gasteiger partial charge in [-0.05, 0) is 18.2 Å². The van der Waals surface area contributed by atoms with Gasteiger partial charge in [-0.3, -0.25) is 4.98 Å². The summed E-state index contributed by atoms with van der Waals surface area (Å²) in [6.45, 7) is 0. The summed E-state index contributed by atoms with van der Waals surface area (Å²) in [4.78, 5) is 7.00. The molecular formula is C10H7N3. The highest BCUT2D eigenvalue weighted by molar-refractivity contribution is 5.65. The van der Waals surface area contributed by atoms with E-state index in [0.717, 1.165) is 11.3 Å². The van der Waals surface area contributed by atoms with E-state index in [0.29, 0.717) is 5.56 Å². The van der Waals surface area contributed by atoms with Gasteiger partial charge in [-0.25, -0.2) is 0 Å². The standard InChI is InChI=1S/C10H7N3/c11-6-8-3-5-13-10(8)9-2-1-4-12-7-9/h1-5,7,13H. The average molecular weight is 169 g/mol. The van der Waals surface area contributed by atoms with Crippen molar-refractivity contribution in [2.24, 2.45) is 0 Å². The predicted molar refractivity (Wildman–Crippen MR) is 48.7 cm³/mol. The maximum Gasteiger partial charge on any atom is 0.101 e. The first-order chi connectivity index (χ1) is 6.42. The van der Waals surface area contributed by atoms with E-state index in [1.54, 1.807) is 24.7 Å². The van der Waals surface area contributed by atoms with Crippen LogP contribution in [0.25, 0.3) is 11.3 Å². The molecule has 3 heteroatoms. The van der Waals surface area contributed by atoms with Gasteiger partial charge in [0.25, 0.3) is 0 Å². The summed E-state index contributed by atoms with van der Waals surface area (Å²) in [6.07, 6.45) is 5.19. The summed E-state index contributed by atoms with van der Waals surface area (Å²) in [7, 11) is 0. The minimum absolute atomic E-state index is 0.646. The summed E-state index contributed by atoms with van der Waals surface area (Å²) in [5.74, 6) is 0. The lowest BCUT2D eigenvalue weighted by Gasteiger charge is -1.96. The smallest absolute Gasteiger partial charge is 0.101 e. The van der Waals surface area contributed by atoms with Crippen molar-refractivity contribution >= 4 is 0 Å². The van der Waals surface area contributed by atoms with Gasteiger partial charge in [0.1, 0.15) is 6.07 Å². The molecule has 3 nitrogen and oxygen atoms in total. The molecule has 1 N–H and O–H groups in total. The number of H-pyrrole nitrogens is 1. The molecule has 0 bridgehead atoms. The van der Waals surface area contributed by atoms with Crippen molar-refractivity contribution in [3.05, 3.63) is 42.4 Å². The molecule has 0 aliphatic rings. The van der Waals surface area contributed by atoms with Gasteiger partial charge in [-0.15, -0.1) is 0 Å². The fourth-order valence-electron chi connectivity index (χ4n) is 1.21. The van der Waals surface area contributed by atoms with E-state index < -0.39 is 0 Å². The van der Waals surface area contributed by atoms with Crippen LogP contribution in [0.2, 0.25) is 0 Å². The van der Waals surface area contributed by atoms with Crippen molar-refractivity contribution < 1.29 is 0 Å². The number of nitriles is 1. The molecule has 0 spiro atoms. The molecule has 0 fully saturated rings. The first-order valence-electron chi connectivity index (χ1n) is 3.89. The van der Waals surface area contributed by atoms with Gasteiger partial charge >= 0.3 is 0 Å². The van der Waals surface area contributed by atoms with Gasteiger partial charge in [-0.1, -0.05) is 0 Å². The molecule has 0 aromatic carbocycles. The SMILES string of the molecule is N#Cc1cc[nH]c1-c1cccnc1. The molecule has 13 heavy (non-hydrogen) atoms. The van der Waals surface area contributed by atoms with Gasteiger partial charge in [0.15, 0.2) is 0 Å². The third-order valence-corrected chi connectivity index (χ3v) is 1.82. The van der Waals surface area contributed by atoms with Crippen LogP contribution in [-0.4, -0.2) is 9.97 Å². The van der Waals surface area contributed by atoms with Gasteiger partial charge in [0, 0.05) is 24.2 Å². The van der Waals surface area contributed by atoms with Gasteiger partial charge in [0.05, 0.1) is 11.3 Å². The van der Waals surface area contributed by atoms with Crippen LogP contribution in [0.3, 0.4) is 0 Å². The maximum atomic E-state index is 8.78. The van der Waals surface area contributed by atoms with Crippen LogP contribution in [0.4, 0.5) is 0 Å². The Labute approximate surface area is 75.7 Å². The average Bonchev–Trinajstić information content (AvgIpc) is 2.67. The number of nitrogens with zero attached hydrogens (tertiary/aromatic N) is 2. The molecule has 0 aliphatic carbocycles. The lowest BCUT2D eigenvalue weighted by Crippen LogP contribution is -1.81. The van der Waals surface area contributed by atoms with Crippen molar-refractivity contribution in [3.8, 4) is 17.3 Å². The van der Waals surface area contributed by atoms with Crippen molar-refractivity contribution in [2.45, 2.75) is 0 Å². The summed E-state index contributed by atoms with van der Waals surface area (Å²) in [6, 6.07) is 7.63. The molecule has 2 aromatic heterocycles. The predicted octanol–water partition coefficient (Wildman–Crippen LogP) is 1.95. The Morgan fingerprint density at radius 2 is 2.31 bits per heavy atom. The molecule has 2 rings (SSSR count). The number of hydrogen-bond donors (Lipinski definition) is 1. The van der Waals surface area contributed by atoms with Crippen LogP contribution in [0.15, 0.2) is 36.8 Å². The summed E-state index contributed by atoms with van der Waals surface area (Å²) >= 11 is 0. The monoisotopic (exact) mass is 169 g/mol. The Hall–Kier alpha value is -2.08. The number of aromatic nitrogens is 2. The normalized spacial score (nSPS) is 9.46. The largest absolute Gasteiger partial charge is 0.360 e. The lowest BCUT2D eigenvalue weighted by molar-refractivity contribution is 1.30. The fraction of sp³-hybridized carbons (Fsp3) is 0. The van der Waals surface area contributed by atoms with Gasteiger partial charge in [0.2, 0.25) is 0 Å². The molecule has 0 saturated carbocycles. The molecule has 0 radical (unpaired) electrons. The summed E-state index contributed by atoms with van der Waals surface area (Å²) in [5.41, 5.74) is 2.41. The first-order valence-corrected chi connectivity index (χ1v) is 3.89.